The van der Waals surface area contributed by atoms with Crippen molar-refractivity contribution < 1.29 is 14.7 Å². The first-order valence-electron chi connectivity index (χ1n) is 11.0. The van der Waals surface area contributed by atoms with Gasteiger partial charge in [0.15, 0.2) is 11.5 Å². The van der Waals surface area contributed by atoms with Crippen molar-refractivity contribution in [1.29, 1.82) is 0 Å². The maximum Gasteiger partial charge on any atom is 0.356 e. The van der Waals surface area contributed by atoms with Crippen LogP contribution in [0.5, 0.6) is 0 Å². The van der Waals surface area contributed by atoms with Gasteiger partial charge >= 0.3 is 5.97 Å². The zero-order chi connectivity index (χ0) is 23.3. The van der Waals surface area contributed by atoms with E-state index in [1.807, 2.05) is 36.4 Å². The molecule has 0 saturated heterocycles. The van der Waals surface area contributed by atoms with E-state index in [0.29, 0.717) is 18.6 Å². The minimum atomic E-state index is -0.952. The zero-order valence-electron chi connectivity index (χ0n) is 19.4. The molecule has 0 saturated carbocycles. The number of hydrogen-bond acceptors (Lipinski definition) is 3. The molecule has 2 aromatic carbocycles. The quantitative estimate of drug-likeness (QED) is 0.483. The molecule has 1 N–H and O–H groups in total. The van der Waals surface area contributed by atoms with E-state index in [0.717, 1.165) is 28.8 Å². The third kappa shape index (κ3) is 4.24. The first kappa shape index (κ1) is 24.4. The van der Waals surface area contributed by atoms with E-state index in [4.69, 9.17) is 0 Å². The van der Waals surface area contributed by atoms with E-state index < -0.39 is 5.97 Å². The van der Waals surface area contributed by atoms with E-state index in [1.54, 1.807) is 11.7 Å². The van der Waals surface area contributed by atoms with Gasteiger partial charge in [0.1, 0.15) is 0 Å². The van der Waals surface area contributed by atoms with Gasteiger partial charge in [-0.3, -0.25) is 9.48 Å². The van der Waals surface area contributed by atoms with Gasteiger partial charge in [0.05, 0.1) is 5.69 Å². The number of aromatic carboxylic acids is 1. The van der Waals surface area contributed by atoms with Crippen LogP contribution in [0.1, 0.15) is 85.5 Å². The minimum absolute atomic E-state index is 0. The minimum Gasteiger partial charge on any atom is -0.476 e. The van der Waals surface area contributed by atoms with Gasteiger partial charge in [-0.2, -0.15) is 5.10 Å². The summed E-state index contributed by atoms with van der Waals surface area (Å²) in [6.45, 7) is 8.71. The number of ketones is 1. The molecule has 1 heterocycles. The molecule has 0 radical (unpaired) electrons. The molecule has 0 fully saturated rings. The molecule has 0 bridgehead atoms. The zero-order valence-corrected chi connectivity index (χ0v) is 19.4. The Kier molecular flexibility index (Phi) is 6.38. The van der Waals surface area contributed by atoms with Crippen molar-refractivity contribution in [1.82, 2.24) is 9.78 Å². The number of carboxylic acid groups (broad SMARTS) is 1. The number of rotatable bonds is 1. The number of carbonyl (C=O) groups is 2. The monoisotopic (exact) mass is 446 g/mol. The van der Waals surface area contributed by atoms with Crippen LogP contribution >= 0.6 is 0 Å². The fourth-order valence-electron chi connectivity index (χ4n) is 5.07. The Balaban J connectivity index is 0.000000192. The molecule has 0 atom stereocenters. The fourth-order valence-corrected chi connectivity index (χ4v) is 5.07. The maximum atomic E-state index is 11.6. The number of Topliss-reactive ketones (excluding diaryl/α,β-unsaturated/α-hetero) is 1. The van der Waals surface area contributed by atoms with Crippen LogP contribution in [-0.4, -0.2) is 26.6 Å². The summed E-state index contributed by atoms with van der Waals surface area (Å²) in [6, 6.07) is 16.1. The molecule has 1 aromatic heterocycles. The molecule has 33 heavy (non-hydrogen) atoms. The standard InChI is InChI=1S/C15H16N2O2.C12H14O.CH4/c1-15(2)8-10-12(14(18)19)16-17(3)13(10)9-6-4-5-7-11(9)15;1-12(2)8-7-11(13)9-5-3-4-6-10(9)12;/h4-7H,8H2,1-3H3,(H,18,19);3-6H,7-8H2,1-2H3;1H4. The second-order valence-electron chi connectivity index (χ2n) is 10.1. The molecule has 2 aliphatic carbocycles. The third-order valence-corrected chi connectivity index (χ3v) is 6.81. The molecule has 0 spiro atoms. The molecule has 5 nitrogen and oxygen atoms in total. The Labute approximate surface area is 196 Å². The van der Waals surface area contributed by atoms with Gasteiger partial charge in [0.2, 0.25) is 0 Å². The Hall–Kier alpha value is -3.21. The van der Waals surface area contributed by atoms with E-state index >= 15 is 0 Å². The van der Waals surface area contributed by atoms with E-state index in [2.05, 4.69) is 44.9 Å². The van der Waals surface area contributed by atoms with Crippen LogP contribution in [0.15, 0.2) is 48.5 Å². The average molecular weight is 447 g/mol. The van der Waals surface area contributed by atoms with Gasteiger partial charge in [-0.15, -0.1) is 0 Å². The first-order chi connectivity index (χ1) is 15.0. The highest BCUT2D eigenvalue weighted by molar-refractivity contribution is 5.99. The summed E-state index contributed by atoms with van der Waals surface area (Å²) in [5.41, 5.74) is 6.55. The van der Waals surface area contributed by atoms with Gasteiger partial charge < -0.3 is 5.11 Å². The molecule has 3 aromatic rings. The summed E-state index contributed by atoms with van der Waals surface area (Å²) in [7, 11) is 1.81. The van der Waals surface area contributed by atoms with Crippen molar-refractivity contribution in [3.8, 4) is 11.3 Å². The Morgan fingerprint density at radius 3 is 2.06 bits per heavy atom. The van der Waals surface area contributed by atoms with Crippen molar-refractivity contribution in [3.05, 3.63) is 76.5 Å². The number of fused-ring (bicyclic) bond motifs is 4. The average Bonchev–Trinajstić information content (AvgIpc) is 3.08. The lowest BCUT2D eigenvalue weighted by atomic mass is 9.71. The van der Waals surface area contributed by atoms with E-state index in [1.165, 1.54) is 11.1 Å². The van der Waals surface area contributed by atoms with Crippen molar-refractivity contribution in [2.24, 2.45) is 7.05 Å². The molecule has 2 aliphatic rings. The smallest absolute Gasteiger partial charge is 0.356 e. The normalized spacial score (nSPS) is 16.8. The number of nitrogens with zero attached hydrogens (tertiary/aromatic N) is 2. The molecule has 5 heteroatoms. The second-order valence-corrected chi connectivity index (χ2v) is 10.1. The highest BCUT2D eigenvalue weighted by atomic mass is 16.4. The van der Waals surface area contributed by atoms with Gasteiger partial charge in [-0.1, -0.05) is 83.7 Å². The maximum absolute atomic E-state index is 11.6. The van der Waals surface area contributed by atoms with Crippen LogP contribution < -0.4 is 0 Å². The van der Waals surface area contributed by atoms with Crippen LogP contribution in [0.2, 0.25) is 0 Å². The van der Waals surface area contributed by atoms with Crippen LogP contribution in [0.3, 0.4) is 0 Å². The lowest BCUT2D eigenvalue weighted by Crippen LogP contribution is -2.26. The number of carbonyl (C=O) groups excluding carboxylic acids is 1. The number of carboxylic acids is 1. The van der Waals surface area contributed by atoms with Gasteiger partial charge in [0, 0.05) is 30.2 Å². The highest BCUT2D eigenvalue weighted by Crippen LogP contribution is 2.43. The summed E-state index contributed by atoms with van der Waals surface area (Å²) in [6.07, 6.45) is 2.38. The summed E-state index contributed by atoms with van der Waals surface area (Å²) in [4.78, 5) is 22.9. The lowest BCUT2D eigenvalue weighted by molar-refractivity contribution is 0.0688. The molecular formula is C28H34N2O3. The summed E-state index contributed by atoms with van der Waals surface area (Å²) in [5.74, 6) is -0.651. The molecule has 174 valence electrons. The third-order valence-electron chi connectivity index (χ3n) is 6.81. The van der Waals surface area contributed by atoms with Crippen molar-refractivity contribution >= 4 is 11.8 Å². The molecule has 0 aliphatic heterocycles. The van der Waals surface area contributed by atoms with Crippen LogP contribution in [0, 0.1) is 0 Å². The Bertz CT molecular complexity index is 1220. The van der Waals surface area contributed by atoms with Crippen molar-refractivity contribution in [2.45, 2.75) is 65.2 Å². The summed E-state index contributed by atoms with van der Waals surface area (Å²) < 4.78 is 1.69. The molecule has 0 unspecified atom stereocenters. The van der Waals surface area contributed by atoms with Gasteiger partial charge in [0.25, 0.3) is 0 Å². The number of aryl methyl sites for hydroxylation is 1. The van der Waals surface area contributed by atoms with Crippen LogP contribution in [0.4, 0.5) is 0 Å². The fraction of sp³-hybridized carbons (Fsp3) is 0.393. The number of benzene rings is 2. The molecular weight excluding hydrogens is 412 g/mol. The van der Waals surface area contributed by atoms with E-state index in [-0.39, 0.29) is 24.0 Å². The summed E-state index contributed by atoms with van der Waals surface area (Å²) >= 11 is 0. The largest absolute Gasteiger partial charge is 0.476 e. The Morgan fingerprint density at radius 1 is 0.939 bits per heavy atom. The highest BCUT2D eigenvalue weighted by Gasteiger charge is 2.36. The van der Waals surface area contributed by atoms with Gasteiger partial charge in [-0.05, 0) is 34.8 Å². The SMILES string of the molecule is C.CC1(C)CCC(=O)c2ccccc21.Cn1nc(C(=O)O)c2c1-c1ccccc1C(C)(C)C2. The number of aromatic nitrogens is 2. The number of hydrogen-bond donors (Lipinski definition) is 1. The van der Waals surface area contributed by atoms with Crippen LogP contribution in [-0.2, 0) is 24.3 Å². The molecule has 0 amide bonds. The Morgan fingerprint density at radius 2 is 1.48 bits per heavy atom. The molecule has 5 rings (SSSR count). The predicted molar refractivity (Wildman–Crippen MR) is 132 cm³/mol. The first-order valence-corrected chi connectivity index (χ1v) is 11.0. The topological polar surface area (TPSA) is 72.2 Å². The van der Waals surface area contributed by atoms with Crippen molar-refractivity contribution in [3.63, 3.8) is 0 Å². The van der Waals surface area contributed by atoms with E-state index in [9.17, 15) is 14.7 Å². The van der Waals surface area contributed by atoms with Gasteiger partial charge in [-0.25, -0.2) is 4.79 Å². The lowest BCUT2D eigenvalue weighted by Gasteiger charge is -2.32. The second kappa shape index (κ2) is 8.62. The van der Waals surface area contributed by atoms with Crippen molar-refractivity contribution in [2.75, 3.05) is 0 Å². The van der Waals surface area contributed by atoms with Crippen LogP contribution in [0.25, 0.3) is 11.3 Å². The summed E-state index contributed by atoms with van der Waals surface area (Å²) in [5, 5.41) is 13.5. The predicted octanol–water partition coefficient (Wildman–Crippen LogP) is 6.20.